The highest BCUT2D eigenvalue weighted by Gasteiger charge is 2.70. The van der Waals surface area contributed by atoms with Gasteiger partial charge in [0.2, 0.25) is 0 Å². The molecule has 5 saturated carbocycles. The van der Waals surface area contributed by atoms with Crippen molar-refractivity contribution in [2.75, 3.05) is 0 Å². The summed E-state index contributed by atoms with van der Waals surface area (Å²) in [6.45, 7) is 4.98. The fourth-order valence-corrected chi connectivity index (χ4v) is 9.58. The Balaban J connectivity index is 1.25. The van der Waals surface area contributed by atoms with Crippen LogP contribution in [0.3, 0.4) is 0 Å². The molecule has 5 aliphatic rings. The average molecular weight is 434 g/mol. The van der Waals surface area contributed by atoms with Crippen molar-refractivity contribution >= 4 is 5.94 Å². The Bertz CT molecular complexity index is 1010. The van der Waals surface area contributed by atoms with Crippen LogP contribution in [-0.2, 0) is 11.3 Å². The molecular formula is C27H35N3O2. The number of aliphatic hydroxyl groups is 1. The number of hydrogen-bond donors (Lipinski definition) is 1. The molecule has 0 saturated heterocycles. The van der Waals surface area contributed by atoms with Crippen LogP contribution < -0.4 is 0 Å². The van der Waals surface area contributed by atoms with Crippen LogP contribution in [0.1, 0.15) is 70.9 Å². The molecule has 0 spiro atoms. The minimum Gasteiger partial charge on any atom is -0.390 e. The van der Waals surface area contributed by atoms with E-state index in [1.807, 2.05) is 13.1 Å². The van der Waals surface area contributed by atoms with Crippen LogP contribution in [0.2, 0.25) is 0 Å². The molecular weight excluding hydrogens is 398 g/mol. The van der Waals surface area contributed by atoms with Crippen molar-refractivity contribution in [1.82, 2.24) is 9.78 Å². The highest BCUT2D eigenvalue weighted by molar-refractivity contribution is 5.55. The van der Waals surface area contributed by atoms with Crippen LogP contribution in [0, 0.1) is 64.1 Å². The number of carbonyl (C=O) groups excluding carboxylic acids is 1. The Morgan fingerprint density at radius 1 is 1.16 bits per heavy atom. The maximum absolute atomic E-state index is 12.2. The van der Waals surface area contributed by atoms with E-state index in [0.29, 0.717) is 30.0 Å². The zero-order chi connectivity index (χ0) is 22.3. The first-order chi connectivity index (χ1) is 15.3. The molecule has 170 valence electrons. The van der Waals surface area contributed by atoms with E-state index in [9.17, 15) is 9.90 Å². The SMILES string of the molecule is C[C@@]1(O)CC[C@H]2[C@H](CC[C@@H]3[C@@H]2CC[C@@]2(C)[C@H]3[C@@H]3C[C@@H]3[C@H]2C(=C=O)Cn2ccc(C#N)n2)C1. The molecule has 0 radical (unpaired) electrons. The van der Waals surface area contributed by atoms with Gasteiger partial charge in [-0.1, -0.05) is 6.92 Å². The second-order valence-electron chi connectivity index (χ2n) is 12.3. The summed E-state index contributed by atoms with van der Waals surface area (Å²) in [7, 11) is 0. The lowest BCUT2D eigenvalue weighted by atomic mass is 9.47. The lowest BCUT2D eigenvalue weighted by Crippen LogP contribution is -2.51. The van der Waals surface area contributed by atoms with Gasteiger partial charge in [-0.15, -0.1) is 0 Å². The van der Waals surface area contributed by atoms with Crippen LogP contribution >= 0.6 is 0 Å². The summed E-state index contributed by atoms with van der Waals surface area (Å²) in [6.07, 6.45) is 11.3. The smallest absolute Gasteiger partial charge is 0.162 e. The van der Waals surface area contributed by atoms with Gasteiger partial charge in [-0.25, -0.2) is 4.79 Å². The van der Waals surface area contributed by atoms with E-state index < -0.39 is 5.60 Å². The second kappa shape index (κ2) is 7.05. The minimum atomic E-state index is -0.460. The molecule has 5 aliphatic carbocycles. The Morgan fingerprint density at radius 2 is 1.97 bits per heavy atom. The lowest BCUT2D eigenvalue weighted by molar-refractivity contribution is -0.104. The van der Waals surface area contributed by atoms with E-state index >= 15 is 0 Å². The molecule has 0 amide bonds. The summed E-state index contributed by atoms with van der Waals surface area (Å²) in [4.78, 5) is 12.2. The molecule has 5 nitrogen and oxygen atoms in total. The number of fused-ring (bicyclic) bond motifs is 7. The van der Waals surface area contributed by atoms with E-state index in [2.05, 4.69) is 24.0 Å². The van der Waals surface area contributed by atoms with Gasteiger partial charge >= 0.3 is 0 Å². The molecule has 1 N–H and O–H groups in total. The standard InChI is InChI=1S/C27H35N3O2/c1-26(32)8-5-19-16(12-26)3-4-21-20(19)6-9-27(2)24(22-11-23(22)25(21)27)17(15-31)14-30-10-7-18(13-28)29-30/h7,10,16,19-25,32H,3-6,8-9,11-12,14H2,1-2H3/t16-,19+,20-,21-,22+,23-,24-,25-,26-,27-/m1/s1. The summed E-state index contributed by atoms with van der Waals surface area (Å²) in [5, 5.41) is 24.1. The second-order valence-corrected chi connectivity index (χ2v) is 12.3. The zero-order valence-corrected chi connectivity index (χ0v) is 19.3. The molecule has 1 heterocycles. The third-order valence-electron chi connectivity index (χ3n) is 10.6. The number of aromatic nitrogens is 2. The molecule has 0 bridgehead atoms. The molecule has 1 aromatic heterocycles. The molecule has 6 rings (SSSR count). The number of allylic oxidation sites excluding steroid dienone is 1. The van der Waals surface area contributed by atoms with Crippen molar-refractivity contribution in [3.8, 4) is 6.07 Å². The van der Waals surface area contributed by atoms with Gasteiger partial charge in [0.05, 0.1) is 12.1 Å². The third-order valence-corrected chi connectivity index (χ3v) is 10.6. The molecule has 32 heavy (non-hydrogen) atoms. The first kappa shape index (κ1) is 20.7. The minimum absolute atomic E-state index is 0.194. The highest BCUT2D eigenvalue weighted by atomic mass is 16.3. The first-order valence-corrected chi connectivity index (χ1v) is 12.7. The van der Waals surface area contributed by atoms with Crippen molar-refractivity contribution in [1.29, 1.82) is 5.26 Å². The van der Waals surface area contributed by atoms with Gasteiger partial charge in [-0.05, 0) is 111 Å². The topological polar surface area (TPSA) is 78.9 Å². The van der Waals surface area contributed by atoms with Gasteiger partial charge in [0.1, 0.15) is 12.0 Å². The van der Waals surface area contributed by atoms with Crippen LogP contribution in [0.4, 0.5) is 0 Å². The highest BCUT2D eigenvalue weighted by Crippen LogP contribution is 2.75. The largest absolute Gasteiger partial charge is 0.390 e. The molecule has 1 aromatic rings. The zero-order valence-electron chi connectivity index (χ0n) is 19.3. The fraction of sp³-hybridized carbons (Fsp3) is 0.778. The first-order valence-electron chi connectivity index (χ1n) is 12.7. The van der Waals surface area contributed by atoms with Crippen molar-refractivity contribution in [3.05, 3.63) is 23.5 Å². The molecule has 0 unspecified atom stereocenters. The van der Waals surface area contributed by atoms with Crippen molar-refractivity contribution in [2.24, 2.45) is 52.8 Å². The van der Waals surface area contributed by atoms with E-state index in [1.165, 1.54) is 38.5 Å². The molecule has 0 aliphatic heterocycles. The van der Waals surface area contributed by atoms with Gasteiger partial charge in [-0.2, -0.15) is 10.4 Å². The van der Waals surface area contributed by atoms with E-state index in [1.54, 1.807) is 10.7 Å². The normalized spacial score (nSPS) is 48.4. The van der Waals surface area contributed by atoms with Crippen LogP contribution in [0.25, 0.3) is 0 Å². The Labute approximate surface area is 190 Å². The maximum Gasteiger partial charge on any atom is 0.162 e. The van der Waals surface area contributed by atoms with E-state index in [-0.39, 0.29) is 5.41 Å². The monoisotopic (exact) mass is 433 g/mol. The van der Waals surface area contributed by atoms with Gasteiger partial charge in [-0.3, -0.25) is 4.68 Å². The molecule has 10 atom stereocenters. The fourth-order valence-electron chi connectivity index (χ4n) is 9.58. The summed E-state index contributed by atoms with van der Waals surface area (Å²) in [5.41, 5.74) is 1.01. The summed E-state index contributed by atoms with van der Waals surface area (Å²) in [5.74, 6) is 7.92. The van der Waals surface area contributed by atoms with Gasteiger partial charge in [0, 0.05) is 17.7 Å². The number of nitriles is 1. The van der Waals surface area contributed by atoms with E-state index in [4.69, 9.17) is 5.26 Å². The molecule has 5 heteroatoms. The molecule has 0 aromatic carbocycles. The summed E-state index contributed by atoms with van der Waals surface area (Å²) < 4.78 is 1.75. The van der Waals surface area contributed by atoms with Gasteiger partial charge in [0.25, 0.3) is 0 Å². The van der Waals surface area contributed by atoms with Crippen LogP contribution in [-0.4, -0.2) is 26.4 Å². The predicted octanol–water partition coefficient (Wildman–Crippen LogP) is 4.39. The third kappa shape index (κ3) is 2.99. The van der Waals surface area contributed by atoms with Gasteiger partial charge in [0.15, 0.2) is 5.69 Å². The predicted molar refractivity (Wildman–Crippen MR) is 120 cm³/mol. The Kier molecular flexibility index (Phi) is 4.56. The van der Waals surface area contributed by atoms with Crippen LogP contribution in [0.15, 0.2) is 17.8 Å². The van der Waals surface area contributed by atoms with Crippen molar-refractivity contribution in [3.63, 3.8) is 0 Å². The quantitative estimate of drug-likeness (QED) is 0.717. The van der Waals surface area contributed by atoms with Crippen molar-refractivity contribution in [2.45, 2.75) is 77.4 Å². The lowest BCUT2D eigenvalue weighted by Gasteiger charge is -2.58. The van der Waals surface area contributed by atoms with Crippen LogP contribution in [0.5, 0.6) is 0 Å². The molecule has 5 fully saturated rings. The van der Waals surface area contributed by atoms with Crippen molar-refractivity contribution < 1.29 is 9.90 Å². The number of nitrogens with zero attached hydrogens (tertiary/aromatic N) is 3. The number of rotatable bonds is 3. The number of hydrogen-bond acceptors (Lipinski definition) is 4. The van der Waals surface area contributed by atoms with Gasteiger partial charge < -0.3 is 5.11 Å². The van der Waals surface area contributed by atoms with E-state index in [0.717, 1.165) is 48.0 Å². The maximum atomic E-state index is 12.2. The Hall–Kier alpha value is -1.89. The summed E-state index contributed by atoms with van der Waals surface area (Å²) in [6, 6.07) is 3.80. The summed E-state index contributed by atoms with van der Waals surface area (Å²) >= 11 is 0. The Morgan fingerprint density at radius 3 is 2.72 bits per heavy atom. The average Bonchev–Trinajstić information content (AvgIpc) is 3.28.